The quantitative estimate of drug-likeness (QED) is 0.195. The Morgan fingerprint density at radius 1 is 0.860 bits per heavy atom. The highest BCUT2D eigenvalue weighted by Gasteiger charge is 2.31. The largest absolute Gasteiger partial charge is 1.00 e. The molecule has 2 aromatic carbocycles. The van der Waals surface area contributed by atoms with Gasteiger partial charge >= 0.3 is 0 Å². The summed E-state index contributed by atoms with van der Waals surface area (Å²) >= 11 is 0. The van der Waals surface area contributed by atoms with E-state index < -0.39 is 0 Å². The number of hydrogen-bond donors (Lipinski definition) is 1. The number of halogens is 1. The maximum absolute atomic E-state index is 13.1. The number of hydrogen-bond acceptors (Lipinski definition) is 2. The van der Waals surface area contributed by atoms with Crippen molar-refractivity contribution < 1.29 is 31.5 Å². The summed E-state index contributed by atoms with van der Waals surface area (Å²) in [6, 6.07) is 16.8. The van der Waals surface area contributed by atoms with Gasteiger partial charge < -0.3 is 26.6 Å². The molecule has 4 nitrogen and oxygen atoms in total. The van der Waals surface area contributed by atoms with E-state index in [1.54, 1.807) is 0 Å². The molecule has 0 spiro atoms. The zero-order valence-corrected chi connectivity index (χ0v) is 29.0. The van der Waals surface area contributed by atoms with Crippen molar-refractivity contribution in [2.45, 2.75) is 124 Å². The van der Waals surface area contributed by atoms with Crippen LogP contribution in [0.1, 0.15) is 122 Å². The van der Waals surface area contributed by atoms with Crippen molar-refractivity contribution in [3.05, 3.63) is 71.3 Å². The standard InChI is InChI=1S/C38H56N2O2.BrH/c1-5-7-8-9-10-11-12-13-14-15-16-17-26-42-36-23-19-21-34(28-36)30-40(37(41)6-2)35-22-18-20-33(27-35)29-38(4)31-39-25-24-32(38)3;/h18-25,27-28H,5-17,26,29-31H2,1-4H3;1H. The van der Waals surface area contributed by atoms with Crippen LogP contribution in [0.4, 0.5) is 5.69 Å². The average Bonchev–Trinajstić information content (AvgIpc) is 3.00. The van der Waals surface area contributed by atoms with Crippen LogP contribution in [0.3, 0.4) is 0 Å². The third kappa shape index (κ3) is 13.0. The molecule has 1 atom stereocenters. The summed E-state index contributed by atoms with van der Waals surface area (Å²) in [6.45, 7) is 10.9. The van der Waals surface area contributed by atoms with E-state index in [9.17, 15) is 4.79 Å². The number of amides is 1. The Labute approximate surface area is 273 Å². The van der Waals surface area contributed by atoms with Gasteiger partial charge in [-0.25, -0.2) is 4.99 Å². The third-order valence-corrected chi connectivity index (χ3v) is 8.82. The van der Waals surface area contributed by atoms with Crippen molar-refractivity contribution in [1.82, 2.24) is 0 Å². The SMILES string of the molecule is CCCCCCCCCCCCCCOc1cccc(CN(C(=O)CC)c2cccc(CC3(C)C[NH+]=CC=C3C)c2)c1.[Br-]. The highest BCUT2D eigenvalue weighted by Crippen LogP contribution is 2.32. The van der Waals surface area contributed by atoms with Gasteiger partial charge in [0.25, 0.3) is 0 Å². The molecule has 1 amide bonds. The highest BCUT2D eigenvalue weighted by molar-refractivity contribution is 5.93. The summed E-state index contributed by atoms with van der Waals surface area (Å²) < 4.78 is 6.12. The second-order valence-corrected chi connectivity index (χ2v) is 12.5. The van der Waals surface area contributed by atoms with Crippen molar-refractivity contribution in [2.75, 3.05) is 18.1 Å². The number of benzene rings is 2. The molecule has 1 N–H and O–H groups in total. The lowest BCUT2D eigenvalue weighted by molar-refractivity contribution is -0.469. The fourth-order valence-corrected chi connectivity index (χ4v) is 5.86. The Morgan fingerprint density at radius 3 is 2.14 bits per heavy atom. The molecular weight excluding hydrogens is 596 g/mol. The molecule has 238 valence electrons. The van der Waals surface area contributed by atoms with Crippen LogP contribution in [0.15, 0.2) is 60.2 Å². The number of carbonyl (C=O) groups excluding carboxylic acids is 1. The number of unbranched alkanes of at least 4 members (excludes halogenated alkanes) is 11. The Morgan fingerprint density at radius 2 is 1.49 bits per heavy atom. The van der Waals surface area contributed by atoms with E-state index >= 15 is 0 Å². The Hall–Kier alpha value is -2.40. The van der Waals surface area contributed by atoms with E-state index in [0.29, 0.717) is 13.0 Å². The van der Waals surface area contributed by atoms with Crippen molar-refractivity contribution in [2.24, 2.45) is 5.41 Å². The minimum atomic E-state index is 0. The van der Waals surface area contributed by atoms with E-state index in [0.717, 1.165) is 43.0 Å². The van der Waals surface area contributed by atoms with Crippen LogP contribution < -0.4 is 31.6 Å². The molecule has 5 heteroatoms. The molecule has 0 fully saturated rings. The summed E-state index contributed by atoms with van der Waals surface area (Å²) in [4.78, 5) is 18.4. The first-order valence-electron chi connectivity index (χ1n) is 16.8. The van der Waals surface area contributed by atoms with Crippen LogP contribution in [0, 0.1) is 5.41 Å². The van der Waals surface area contributed by atoms with Gasteiger partial charge in [-0.15, -0.1) is 0 Å². The second-order valence-electron chi connectivity index (χ2n) is 12.5. The number of nitrogens with zero attached hydrogens (tertiary/aromatic N) is 1. The summed E-state index contributed by atoms with van der Waals surface area (Å²) in [5.41, 5.74) is 4.75. The first-order valence-corrected chi connectivity index (χ1v) is 16.8. The normalized spacial score (nSPS) is 16.0. The minimum absolute atomic E-state index is 0. The van der Waals surface area contributed by atoms with Crippen LogP contribution >= 0.6 is 0 Å². The Balaban J connectivity index is 0.00000645. The van der Waals surface area contributed by atoms with Gasteiger partial charge in [0.1, 0.15) is 12.3 Å². The molecule has 1 aliphatic heterocycles. The fraction of sp³-hybridized carbons (Fsp3) is 0.579. The zero-order valence-electron chi connectivity index (χ0n) is 27.4. The van der Waals surface area contributed by atoms with Gasteiger partial charge in [-0.1, -0.05) is 114 Å². The third-order valence-electron chi connectivity index (χ3n) is 8.82. The number of allylic oxidation sites excluding steroid dienone is 1. The van der Waals surface area contributed by atoms with Gasteiger partial charge in [-0.05, 0) is 62.1 Å². The van der Waals surface area contributed by atoms with E-state index in [4.69, 9.17) is 4.74 Å². The predicted octanol–water partition coefficient (Wildman–Crippen LogP) is 5.37. The van der Waals surface area contributed by atoms with Crippen molar-refractivity contribution in [1.29, 1.82) is 0 Å². The van der Waals surface area contributed by atoms with Crippen LogP contribution in [-0.2, 0) is 17.8 Å². The minimum Gasteiger partial charge on any atom is -1.00 e. The number of ether oxygens (including phenoxy) is 1. The van der Waals surface area contributed by atoms with Crippen molar-refractivity contribution in [3.8, 4) is 5.75 Å². The maximum atomic E-state index is 13.1. The molecule has 3 rings (SSSR count). The molecule has 0 aromatic heterocycles. The lowest BCUT2D eigenvalue weighted by atomic mass is 9.76. The zero-order chi connectivity index (χ0) is 30.0. The number of rotatable bonds is 20. The molecule has 43 heavy (non-hydrogen) atoms. The van der Waals surface area contributed by atoms with Gasteiger partial charge in [0.15, 0.2) is 6.21 Å². The number of carbonyl (C=O) groups is 1. The average molecular weight is 654 g/mol. The van der Waals surface area contributed by atoms with Gasteiger partial charge in [0.05, 0.1) is 18.6 Å². The topological polar surface area (TPSA) is 43.5 Å². The van der Waals surface area contributed by atoms with Crippen LogP contribution in [-0.4, -0.2) is 25.3 Å². The van der Waals surface area contributed by atoms with E-state index in [2.05, 4.69) is 68.2 Å². The Kier molecular flexibility index (Phi) is 17.6. The van der Waals surface area contributed by atoms with Gasteiger partial charge in [0, 0.05) is 18.2 Å². The number of nitrogens with one attached hydrogen (secondary N) is 1. The van der Waals surface area contributed by atoms with E-state index in [-0.39, 0.29) is 28.3 Å². The summed E-state index contributed by atoms with van der Waals surface area (Å²) in [5, 5.41) is 0. The summed E-state index contributed by atoms with van der Waals surface area (Å²) in [6.07, 6.45) is 21.7. The summed E-state index contributed by atoms with van der Waals surface area (Å²) in [5.74, 6) is 1.02. The van der Waals surface area contributed by atoms with Crippen molar-refractivity contribution in [3.63, 3.8) is 0 Å². The van der Waals surface area contributed by atoms with Gasteiger partial charge in [0.2, 0.25) is 5.91 Å². The predicted molar refractivity (Wildman–Crippen MR) is 178 cm³/mol. The molecule has 1 aliphatic rings. The molecule has 0 radical (unpaired) electrons. The lowest BCUT2D eigenvalue weighted by Crippen LogP contribution is -3.00. The lowest BCUT2D eigenvalue weighted by Gasteiger charge is -2.29. The summed E-state index contributed by atoms with van der Waals surface area (Å²) in [7, 11) is 0. The molecule has 1 heterocycles. The maximum Gasteiger partial charge on any atom is 0.227 e. The van der Waals surface area contributed by atoms with Gasteiger partial charge in [-0.2, -0.15) is 0 Å². The molecule has 0 aliphatic carbocycles. The Bertz CT molecular complexity index is 1140. The van der Waals surface area contributed by atoms with Crippen LogP contribution in [0.25, 0.3) is 0 Å². The molecule has 0 saturated heterocycles. The molecular formula is C38H57BrN2O2. The molecule has 2 aromatic rings. The second kappa shape index (κ2) is 20.5. The van der Waals surface area contributed by atoms with Crippen molar-refractivity contribution >= 4 is 17.8 Å². The fourth-order valence-electron chi connectivity index (χ4n) is 5.86. The molecule has 0 bridgehead atoms. The first-order chi connectivity index (χ1) is 20.4. The van der Waals surface area contributed by atoms with E-state index in [1.165, 1.54) is 81.8 Å². The van der Waals surface area contributed by atoms with Gasteiger partial charge in [-0.3, -0.25) is 4.79 Å². The van der Waals surface area contributed by atoms with Crippen LogP contribution in [0.2, 0.25) is 0 Å². The molecule has 0 saturated carbocycles. The molecule has 1 unspecified atom stereocenters. The monoisotopic (exact) mass is 652 g/mol. The number of anilines is 1. The van der Waals surface area contributed by atoms with Crippen LogP contribution in [0.5, 0.6) is 5.75 Å². The smallest absolute Gasteiger partial charge is 0.227 e. The first kappa shape index (κ1) is 36.8. The highest BCUT2D eigenvalue weighted by atomic mass is 79.9. The van der Waals surface area contributed by atoms with E-state index in [1.807, 2.05) is 30.2 Å².